The molecule has 2 rings (SSSR count). The molecular weight excluding hydrogens is 296 g/mol. The summed E-state index contributed by atoms with van der Waals surface area (Å²) in [6.07, 6.45) is 3.35. The number of likely N-dealkylation sites (tertiary alicyclic amines) is 1. The van der Waals surface area contributed by atoms with Crippen molar-refractivity contribution in [3.63, 3.8) is 0 Å². The van der Waals surface area contributed by atoms with Crippen LogP contribution in [0.25, 0.3) is 0 Å². The van der Waals surface area contributed by atoms with E-state index in [1.807, 2.05) is 36.3 Å². The number of carbonyl (C=O) groups is 2. The van der Waals surface area contributed by atoms with Crippen LogP contribution in [0.1, 0.15) is 18.9 Å². The summed E-state index contributed by atoms with van der Waals surface area (Å²) in [6.45, 7) is 4.00. The van der Waals surface area contributed by atoms with Gasteiger partial charge in [-0.05, 0) is 25.2 Å². The minimum Gasteiger partial charge on any atom is -0.355 e. The molecule has 0 saturated carbocycles. The van der Waals surface area contributed by atoms with Gasteiger partial charge in [-0.1, -0.05) is 30.3 Å². The second kappa shape index (κ2) is 8.22. The van der Waals surface area contributed by atoms with Crippen LogP contribution in [0, 0.1) is 5.92 Å². The smallest absolute Gasteiger partial charge is 0.232 e. The second-order valence-corrected chi connectivity index (χ2v) is 6.95. The zero-order valence-corrected chi connectivity index (χ0v) is 14.1. The normalized spacial score (nSPS) is 19.3. The lowest BCUT2D eigenvalue weighted by atomic mass is 10.1. The van der Waals surface area contributed by atoms with Crippen LogP contribution in [0.15, 0.2) is 30.3 Å². The van der Waals surface area contributed by atoms with Crippen LogP contribution < -0.4 is 5.32 Å². The van der Waals surface area contributed by atoms with E-state index in [-0.39, 0.29) is 23.0 Å². The van der Waals surface area contributed by atoms with E-state index < -0.39 is 0 Å². The summed E-state index contributed by atoms with van der Waals surface area (Å²) in [7, 11) is 0. The molecule has 0 spiro atoms. The summed E-state index contributed by atoms with van der Waals surface area (Å²) in [6, 6.07) is 10.2. The van der Waals surface area contributed by atoms with Crippen molar-refractivity contribution in [2.45, 2.75) is 25.0 Å². The average molecular weight is 320 g/mol. The Morgan fingerprint density at radius 3 is 2.82 bits per heavy atom. The summed E-state index contributed by atoms with van der Waals surface area (Å²) in [4.78, 5) is 25.7. The molecule has 22 heavy (non-hydrogen) atoms. The minimum atomic E-state index is -0.0358. The Kier molecular flexibility index (Phi) is 6.31. The molecule has 1 N–H and O–H groups in total. The topological polar surface area (TPSA) is 49.4 Å². The monoisotopic (exact) mass is 320 g/mol. The van der Waals surface area contributed by atoms with E-state index in [0.29, 0.717) is 13.0 Å². The molecule has 1 fully saturated rings. The number of hydrogen-bond acceptors (Lipinski definition) is 3. The number of benzene rings is 1. The number of rotatable bonds is 7. The average Bonchev–Trinajstić information content (AvgIpc) is 2.90. The van der Waals surface area contributed by atoms with E-state index in [0.717, 1.165) is 19.5 Å². The van der Waals surface area contributed by atoms with E-state index >= 15 is 0 Å². The Morgan fingerprint density at radius 1 is 1.41 bits per heavy atom. The van der Waals surface area contributed by atoms with Crippen LogP contribution in [0.5, 0.6) is 0 Å². The molecule has 0 aliphatic carbocycles. The third-order valence-electron chi connectivity index (χ3n) is 4.10. The lowest BCUT2D eigenvalue weighted by Gasteiger charge is -2.17. The molecule has 0 radical (unpaired) electrons. The lowest BCUT2D eigenvalue weighted by Crippen LogP contribution is -2.35. The lowest BCUT2D eigenvalue weighted by molar-refractivity contribution is -0.127. The van der Waals surface area contributed by atoms with E-state index in [1.54, 1.807) is 0 Å². The van der Waals surface area contributed by atoms with Gasteiger partial charge < -0.3 is 10.2 Å². The van der Waals surface area contributed by atoms with Crippen molar-refractivity contribution in [1.82, 2.24) is 10.2 Å². The number of thioether (sulfide) groups is 1. The molecule has 1 heterocycles. The van der Waals surface area contributed by atoms with Crippen LogP contribution in [-0.4, -0.2) is 47.9 Å². The van der Waals surface area contributed by atoms with Crippen LogP contribution >= 0.6 is 11.8 Å². The molecule has 5 heteroatoms. The largest absolute Gasteiger partial charge is 0.355 e. The summed E-state index contributed by atoms with van der Waals surface area (Å²) in [5.74, 6) is 0.497. The summed E-state index contributed by atoms with van der Waals surface area (Å²) in [5.41, 5.74) is 1.25. The molecule has 2 amide bonds. The zero-order chi connectivity index (χ0) is 15.9. The van der Waals surface area contributed by atoms with Crippen LogP contribution in [0.3, 0.4) is 0 Å². The van der Waals surface area contributed by atoms with Crippen molar-refractivity contribution in [3.8, 4) is 0 Å². The highest BCUT2D eigenvalue weighted by atomic mass is 32.2. The molecule has 1 aromatic carbocycles. The van der Waals surface area contributed by atoms with Crippen molar-refractivity contribution in [2.75, 3.05) is 25.9 Å². The number of amides is 2. The van der Waals surface area contributed by atoms with Gasteiger partial charge in [0.15, 0.2) is 0 Å². The summed E-state index contributed by atoms with van der Waals surface area (Å²) in [5, 5.41) is 2.92. The first kappa shape index (κ1) is 16.9. The molecule has 4 nitrogen and oxygen atoms in total. The van der Waals surface area contributed by atoms with Gasteiger partial charge in [0.1, 0.15) is 0 Å². The molecule has 1 aliphatic rings. The van der Waals surface area contributed by atoms with Crippen LogP contribution in [0.4, 0.5) is 0 Å². The first-order chi connectivity index (χ1) is 10.6. The van der Waals surface area contributed by atoms with Gasteiger partial charge >= 0.3 is 0 Å². The molecule has 120 valence electrons. The van der Waals surface area contributed by atoms with Gasteiger partial charge in [0.2, 0.25) is 11.8 Å². The fourth-order valence-electron chi connectivity index (χ4n) is 2.61. The minimum absolute atomic E-state index is 0.0358. The van der Waals surface area contributed by atoms with E-state index in [2.05, 4.69) is 17.4 Å². The van der Waals surface area contributed by atoms with Gasteiger partial charge in [0.05, 0.1) is 5.25 Å². The Morgan fingerprint density at radius 2 is 2.14 bits per heavy atom. The van der Waals surface area contributed by atoms with Crippen molar-refractivity contribution in [2.24, 2.45) is 5.92 Å². The van der Waals surface area contributed by atoms with Gasteiger partial charge in [-0.15, -0.1) is 0 Å². The molecule has 1 aliphatic heterocycles. The highest BCUT2D eigenvalue weighted by molar-refractivity contribution is 7.99. The van der Waals surface area contributed by atoms with E-state index in [1.165, 1.54) is 17.3 Å². The van der Waals surface area contributed by atoms with Gasteiger partial charge in [0, 0.05) is 32.0 Å². The Labute approximate surface area is 136 Å². The highest BCUT2D eigenvalue weighted by Crippen LogP contribution is 2.18. The van der Waals surface area contributed by atoms with E-state index in [9.17, 15) is 9.59 Å². The van der Waals surface area contributed by atoms with E-state index in [4.69, 9.17) is 0 Å². The predicted octanol–water partition coefficient (Wildman–Crippen LogP) is 1.95. The third kappa shape index (κ3) is 4.77. The molecule has 0 aromatic heterocycles. The first-order valence-electron chi connectivity index (χ1n) is 7.72. The fourth-order valence-corrected chi connectivity index (χ4v) is 2.91. The summed E-state index contributed by atoms with van der Waals surface area (Å²) < 4.78 is 0. The fraction of sp³-hybridized carbons (Fsp3) is 0.529. The predicted molar refractivity (Wildman–Crippen MR) is 90.8 cm³/mol. The molecule has 0 bridgehead atoms. The zero-order valence-electron chi connectivity index (χ0n) is 13.2. The second-order valence-electron chi connectivity index (χ2n) is 5.77. The number of nitrogens with zero attached hydrogens (tertiary/aromatic N) is 1. The van der Waals surface area contributed by atoms with Gasteiger partial charge in [-0.2, -0.15) is 11.8 Å². The maximum Gasteiger partial charge on any atom is 0.232 e. The van der Waals surface area contributed by atoms with Crippen LogP contribution in [-0.2, 0) is 16.0 Å². The van der Waals surface area contributed by atoms with Gasteiger partial charge in [0.25, 0.3) is 0 Å². The number of carbonyl (C=O) groups excluding carboxylic acids is 2. The number of hydrogen-bond donors (Lipinski definition) is 1. The van der Waals surface area contributed by atoms with Gasteiger partial charge in [-0.25, -0.2) is 0 Å². The van der Waals surface area contributed by atoms with Crippen molar-refractivity contribution < 1.29 is 9.59 Å². The highest BCUT2D eigenvalue weighted by Gasteiger charge is 2.29. The van der Waals surface area contributed by atoms with Gasteiger partial charge in [-0.3, -0.25) is 9.59 Å². The maximum absolute atomic E-state index is 12.0. The molecule has 0 unspecified atom stereocenters. The number of nitrogens with one attached hydrogen (secondary N) is 1. The first-order valence-corrected chi connectivity index (χ1v) is 9.01. The molecule has 2 atom stereocenters. The Hall–Kier alpha value is -1.49. The van der Waals surface area contributed by atoms with Crippen LogP contribution in [0.2, 0.25) is 0 Å². The molecular formula is C17H24N2O2S. The Bertz CT molecular complexity index is 507. The van der Waals surface area contributed by atoms with Crippen molar-refractivity contribution in [1.29, 1.82) is 0 Å². The van der Waals surface area contributed by atoms with Crippen molar-refractivity contribution >= 4 is 23.6 Å². The third-order valence-corrected chi connectivity index (χ3v) is 5.02. The SMILES string of the molecule is CS[C@H](C)C(=O)NC[C@@H]1CC(=O)N(CCc2ccccc2)C1. The molecule has 1 saturated heterocycles. The summed E-state index contributed by atoms with van der Waals surface area (Å²) >= 11 is 1.53. The maximum atomic E-state index is 12.0. The Balaban J connectivity index is 1.75. The van der Waals surface area contributed by atoms with Crippen molar-refractivity contribution in [3.05, 3.63) is 35.9 Å². The standard InChI is InChI=1S/C17H24N2O2S/c1-13(22-2)17(21)18-11-15-10-16(20)19(12-15)9-8-14-6-4-3-5-7-14/h3-7,13,15H,8-12H2,1-2H3,(H,18,21)/t13-,15+/m1/s1. The quantitative estimate of drug-likeness (QED) is 0.835. The molecule has 1 aromatic rings.